The van der Waals surface area contributed by atoms with E-state index >= 15 is 0 Å². The van der Waals surface area contributed by atoms with E-state index in [9.17, 15) is 4.79 Å². The molecule has 0 aliphatic carbocycles. The highest BCUT2D eigenvalue weighted by Crippen LogP contribution is 2.09. The lowest BCUT2D eigenvalue weighted by molar-refractivity contribution is -0.140. The molecule has 0 amide bonds. The molecule has 0 spiro atoms. The summed E-state index contributed by atoms with van der Waals surface area (Å²) in [5.74, 6) is -0.802. The average Bonchev–Trinajstić information content (AvgIpc) is 2.32. The lowest BCUT2D eigenvalue weighted by Crippen LogP contribution is -2.53. The van der Waals surface area contributed by atoms with E-state index in [0.29, 0.717) is 24.8 Å². The zero-order valence-corrected chi connectivity index (χ0v) is 10.0. The van der Waals surface area contributed by atoms with E-state index in [4.69, 9.17) is 16.7 Å². The summed E-state index contributed by atoms with van der Waals surface area (Å²) in [5, 5.41) is 12.4. The Morgan fingerprint density at radius 2 is 2.47 bits per heavy atom. The highest BCUT2D eigenvalue weighted by atomic mass is 35.5. The van der Waals surface area contributed by atoms with E-state index in [2.05, 4.69) is 15.2 Å². The molecule has 92 valence electrons. The molecule has 0 unspecified atom stereocenters. The lowest BCUT2D eigenvalue weighted by Gasteiger charge is -2.31. The number of hydrogen-bond donors (Lipinski definition) is 2. The van der Waals surface area contributed by atoms with E-state index in [0.717, 1.165) is 12.1 Å². The first kappa shape index (κ1) is 12.3. The zero-order chi connectivity index (χ0) is 12.3. The first-order valence-electron chi connectivity index (χ1n) is 5.44. The minimum Gasteiger partial charge on any atom is -0.480 e. The topological polar surface area (TPSA) is 65.5 Å². The van der Waals surface area contributed by atoms with Gasteiger partial charge in [0, 0.05) is 32.4 Å². The quantitative estimate of drug-likeness (QED) is 0.774. The van der Waals surface area contributed by atoms with E-state index in [1.165, 1.54) is 0 Å². The number of aromatic nitrogens is 1. The lowest BCUT2D eigenvalue weighted by atomic mass is 10.2. The highest BCUT2D eigenvalue weighted by Gasteiger charge is 2.24. The molecular weight excluding hydrogens is 242 g/mol. The van der Waals surface area contributed by atoms with Crippen molar-refractivity contribution in [2.45, 2.75) is 12.6 Å². The molecule has 1 aromatic heterocycles. The van der Waals surface area contributed by atoms with Crippen molar-refractivity contribution in [2.24, 2.45) is 0 Å². The predicted molar refractivity (Wildman–Crippen MR) is 64.0 cm³/mol. The van der Waals surface area contributed by atoms with Crippen LogP contribution in [0.1, 0.15) is 5.56 Å². The van der Waals surface area contributed by atoms with Gasteiger partial charge in [0.05, 0.1) is 0 Å². The molecule has 0 bridgehead atoms. The van der Waals surface area contributed by atoms with Crippen molar-refractivity contribution in [1.82, 2.24) is 15.2 Å². The summed E-state index contributed by atoms with van der Waals surface area (Å²) in [7, 11) is 0. The van der Waals surface area contributed by atoms with E-state index in [1.807, 2.05) is 6.07 Å². The Morgan fingerprint density at radius 1 is 1.65 bits per heavy atom. The second-order valence-corrected chi connectivity index (χ2v) is 4.46. The van der Waals surface area contributed by atoms with Crippen molar-refractivity contribution in [3.05, 3.63) is 29.0 Å². The first-order chi connectivity index (χ1) is 8.15. The molecule has 1 aliphatic rings. The number of halogens is 1. The van der Waals surface area contributed by atoms with Crippen LogP contribution in [0.3, 0.4) is 0 Å². The third kappa shape index (κ3) is 3.39. The molecule has 17 heavy (non-hydrogen) atoms. The minimum absolute atomic E-state index is 0.470. The largest absolute Gasteiger partial charge is 0.480 e. The molecule has 1 fully saturated rings. The Balaban J connectivity index is 1.94. The highest BCUT2D eigenvalue weighted by molar-refractivity contribution is 6.29. The van der Waals surface area contributed by atoms with Gasteiger partial charge in [-0.15, -0.1) is 0 Å². The van der Waals surface area contributed by atoms with E-state index in [1.54, 1.807) is 12.3 Å². The summed E-state index contributed by atoms with van der Waals surface area (Å²) in [4.78, 5) is 17.0. The molecule has 0 saturated carbocycles. The van der Waals surface area contributed by atoms with Gasteiger partial charge in [0.1, 0.15) is 11.2 Å². The van der Waals surface area contributed by atoms with Gasteiger partial charge in [-0.1, -0.05) is 17.7 Å². The van der Waals surface area contributed by atoms with Crippen molar-refractivity contribution < 1.29 is 9.90 Å². The minimum atomic E-state index is -0.802. The van der Waals surface area contributed by atoms with Gasteiger partial charge in [0.25, 0.3) is 0 Å². The maximum Gasteiger partial charge on any atom is 0.322 e. The Bertz CT molecular complexity index is 396. The van der Waals surface area contributed by atoms with Crippen LogP contribution in [0, 0.1) is 0 Å². The number of nitrogens with one attached hydrogen (secondary N) is 1. The summed E-state index contributed by atoms with van der Waals surface area (Å²) in [5.41, 5.74) is 1.04. The number of piperazine rings is 1. The number of rotatable bonds is 3. The molecule has 0 radical (unpaired) electrons. The molecular formula is C11H14ClN3O2. The molecule has 2 heterocycles. The summed E-state index contributed by atoms with van der Waals surface area (Å²) in [6, 6.07) is 3.17. The van der Waals surface area contributed by atoms with Gasteiger partial charge in [-0.3, -0.25) is 9.69 Å². The fourth-order valence-electron chi connectivity index (χ4n) is 1.88. The smallest absolute Gasteiger partial charge is 0.322 e. The number of aliphatic carboxylic acids is 1. The normalized spacial score (nSPS) is 21.4. The van der Waals surface area contributed by atoms with Gasteiger partial charge in [-0.2, -0.15) is 0 Å². The number of hydrogen-bond acceptors (Lipinski definition) is 4. The standard InChI is InChI=1S/C11H14ClN3O2/c12-10-2-1-8(5-14-10)6-15-4-3-13-9(7-15)11(16)17/h1-2,5,9,13H,3-4,6-7H2,(H,16,17)/t9-/m0/s1. The molecule has 2 rings (SSSR count). The molecule has 0 aromatic carbocycles. The number of carbonyl (C=O) groups is 1. The molecule has 2 N–H and O–H groups in total. The van der Waals surface area contributed by atoms with Gasteiger partial charge < -0.3 is 10.4 Å². The summed E-state index contributed by atoms with van der Waals surface area (Å²) >= 11 is 5.71. The molecule has 1 saturated heterocycles. The molecule has 1 atom stereocenters. The number of carboxylic acids is 1. The van der Waals surface area contributed by atoms with Crippen molar-refractivity contribution in [2.75, 3.05) is 19.6 Å². The van der Waals surface area contributed by atoms with Crippen LogP contribution in [0.15, 0.2) is 18.3 Å². The predicted octanol–water partition coefficient (Wildman–Crippen LogP) is 0.593. The fourth-order valence-corrected chi connectivity index (χ4v) is 1.99. The first-order valence-corrected chi connectivity index (χ1v) is 5.82. The zero-order valence-electron chi connectivity index (χ0n) is 9.27. The third-order valence-corrected chi connectivity index (χ3v) is 2.98. The van der Waals surface area contributed by atoms with E-state index in [-0.39, 0.29) is 0 Å². The second-order valence-electron chi connectivity index (χ2n) is 4.07. The maximum atomic E-state index is 10.9. The molecule has 1 aliphatic heterocycles. The third-order valence-electron chi connectivity index (χ3n) is 2.75. The van der Waals surface area contributed by atoms with Crippen LogP contribution in [0.2, 0.25) is 5.15 Å². The van der Waals surface area contributed by atoms with Gasteiger partial charge in [-0.05, 0) is 11.6 Å². The van der Waals surface area contributed by atoms with Crippen LogP contribution in [0.5, 0.6) is 0 Å². The summed E-state index contributed by atoms with van der Waals surface area (Å²) < 4.78 is 0. The van der Waals surface area contributed by atoms with Gasteiger partial charge in [-0.25, -0.2) is 4.98 Å². The molecule has 5 nitrogen and oxygen atoms in total. The number of carboxylic acid groups (broad SMARTS) is 1. The average molecular weight is 256 g/mol. The van der Waals surface area contributed by atoms with Crippen molar-refractivity contribution in [1.29, 1.82) is 0 Å². The maximum absolute atomic E-state index is 10.9. The van der Waals surface area contributed by atoms with Crippen LogP contribution >= 0.6 is 11.6 Å². The van der Waals surface area contributed by atoms with Gasteiger partial charge in [0.15, 0.2) is 0 Å². The molecule has 1 aromatic rings. The Kier molecular flexibility index (Phi) is 3.93. The number of nitrogens with zero attached hydrogens (tertiary/aromatic N) is 2. The number of pyridine rings is 1. The van der Waals surface area contributed by atoms with Gasteiger partial charge in [0.2, 0.25) is 0 Å². The van der Waals surface area contributed by atoms with E-state index < -0.39 is 12.0 Å². The van der Waals surface area contributed by atoms with Crippen LogP contribution < -0.4 is 5.32 Å². The molecule has 6 heteroatoms. The summed E-state index contributed by atoms with van der Waals surface area (Å²) in [6.07, 6.45) is 1.72. The monoisotopic (exact) mass is 255 g/mol. The van der Waals surface area contributed by atoms with Crippen LogP contribution in [-0.4, -0.2) is 46.6 Å². The SMILES string of the molecule is O=C(O)[C@@H]1CN(Cc2ccc(Cl)nc2)CCN1. The second kappa shape index (κ2) is 5.44. The Morgan fingerprint density at radius 3 is 3.12 bits per heavy atom. The van der Waals surface area contributed by atoms with Crippen molar-refractivity contribution in [3.8, 4) is 0 Å². The van der Waals surface area contributed by atoms with Crippen LogP contribution in [0.25, 0.3) is 0 Å². The van der Waals surface area contributed by atoms with Gasteiger partial charge >= 0.3 is 5.97 Å². The van der Waals surface area contributed by atoms with Crippen LogP contribution in [-0.2, 0) is 11.3 Å². The Hall–Kier alpha value is -1.17. The fraction of sp³-hybridized carbons (Fsp3) is 0.455. The van der Waals surface area contributed by atoms with Crippen molar-refractivity contribution >= 4 is 17.6 Å². The Labute approximate surface area is 104 Å². The van der Waals surface area contributed by atoms with Crippen molar-refractivity contribution in [3.63, 3.8) is 0 Å². The summed E-state index contributed by atoms with van der Waals surface area (Å²) in [6.45, 7) is 2.75. The van der Waals surface area contributed by atoms with Crippen LogP contribution in [0.4, 0.5) is 0 Å².